The van der Waals surface area contributed by atoms with Crippen LogP contribution >= 0.6 is 0 Å². The first-order chi connectivity index (χ1) is 8.37. The van der Waals surface area contributed by atoms with Crippen LogP contribution in [0.4, 0.5) is 10.5 Å². The number of amides is 2. The number of benzene rings is 1. The Bertz CT molecular complexity index is 437. The molecule has 2 amide bonds. The SMILES string of the molecule is COc1cccc(N(C=O)C(=O)OC(C)(C)C)c1. The number of hydrogen-bond acceptors (Lipinski definition) is 4. The Labute approximate surface area is 106 Å². The van der Waals surface area contributed by atoms with E-state index in [0.717, 1.165) is 4.90 Å². The van der Waals surface area contributed by atoms with E-state index < -0.39 is 11.7 Å². The Balaban J connectivity index is 2.95. The van der Waals surface area contributed by atoms with Crippen LogP contribution < -0.4 is 9.64 Å². The van der Waals surface area contributed by atoms with Gasteiger partial charge in [-0.15, -0.1) is 0 Å². The molecule has 0 atom stereocenters. The fourth-order valence-electron chi connectivity index (χ4n) is 1.28. The minimum absolute atomic E-state index is 0.401. The second-order valence-corrected chi connectivity index (χ2v) is 4.66. The Morgan fingerprint density at radius 2 is 2.00 bits per heavy atom. The summed E-state index contributed by atoms with van der Waals surface area (Å²) < 4.78 is 10.2. The normalized spacial score (nSPS) is 10.7. The van der Waals surface area contributed by atoms with Crippen LogP contribution in [0.15, 0.2) is 24.3 Å². The predicted molar refractivity (Wildman–Crippen MR) is 67.8 cm³/mol. The van der Waals surface area contributed by atoms with Crippen LogP contribution in [-0.2, 0) is 9.53 Å². The molecule has 0 spiro atoms. The molecule has 0 unspecified atom stereocenters. The molecular weight excluding hydrogens is 234 g/mol. The van der Waals surface area contributed by atoms with Gasteiger partial charge in [0.05, 0.1) is 12.8 Å². The first-order valence-corrected chi connectivity index (χ1v) is 5.49. The van der Waals surface area contributed by atoms with E-state index >= 15 is 0 Å². The third-order valence-corrected chi connectivity index (χ3v) is 2.03. The molecule has 0 aliphatic heterocycles. The molecule has 0 fully saturated rings. The van der Waals surface area contributed by atoms with Crippen molar-refractivity contribution < 1.29 is 19.1 Å². The van der Waals surface area contributed by atoms with Gasteiger partial charge in [-0.1, -0.05) is 6.07 Å². The maximum Gasteiger partial charge on any atom is 0.421 e. The number of carbonyl (C=O) groups excluding carboxylic acids is 2. The van der Waals surface area contributed by atoms with Gasteiger partial charge in [-0.3, -0.25) is 4.79 Å². The lowest BCUT2D eigenvalue weighted by Gasteiger charge is -2.23. The van der Waals surface area contributed by atoms with Gasteiger partial charge in [0, 0.05) is 6.07 Å². The minimum Gasteiger partial charge on any atom is -0.497 e. The predicted octanol–water partition coefficient (Wildman–Crippen LogP) is 2.59. The van der Waals surface area contributed by atoms with Crippen molar-refractivity contribution in [2.45, 2.75) is 26.4 Å². The zero-order valence-corrected chi connectivity index (χ0v) is 11.0. The van der Waals surface area contributed by atoms with Gasteiger partial charge in [-0.25, -0.2) is 9.69 Å². The van der Waals surface area contributed by atoms with Crippen molar-refractivity contribution in [3.63, 3.8) is 0 Å². The third-order valence-electron chi connectivity index (χ3n) is 2.03. The van der Waals surface area contributed by atoms with Crippen LogP contribution in [-0.4, -0.2) is 25.2 Å². The number of hydrogen-bond donors (Lipinski definition) is 0. The van der Waals surface area contributed by atoms with E-state index in [4.69, 9.17) is 9.47 Å². The molecule has 0 aliphatic rings. The summed E-state index contributed by atoms with van der Waals surface area (Å²) in [7, 11) is 1.51. The Kier molecular flexibility index (Phi) is 4.31. The molecule has 0 N–H and O–H groups in total. The summed E-state index contributed by atoms with van der Waals surface area (Å²) in [5.74, 6) is 0.558. The van der Waals surface area contributed by atoms with Gasteiger partial charge in [-0.05, 0) is 32.9 Å². The van der Waals surface area contributed by atoms with Gasteiger partial charge >= 0.3 is 6.09 Å². The van der Waals surface area contributed by atoms with E-state index in [-0.39, 0.29) is 0 Å². The molecule has 0 bridgehead atoms. The van der Waals surface area contributed by atoms with Crippen LogP contribution in [0.2, 0.25) is 0 Å². The van der Waals surface area contributed by atoms with E-state index in [1.807, 2.05) is 0 Å². The fraction of sp³-hybridized carbons (Fsp3) is 0.385. The summed E-state index contributed by atoms with van der Waals surface area (Å²) in [5, 5.41) is 0. The highest BCUT2D eigenvalue weighted by Crippen LogP contribution is 2.21. The minimum atomic E-state index is -0.717. The smallest absolute Gasteiger partial charge is 0.421 e. The molecule has 0 saturated heterocycles. The molecular formula is C13H17NO4. The lowest BCUT2D eigenvalue weighted by atomic mass is 10.2. The van der Waals surface area contributed by atoms with Crippen molar-refractivity contribution in [2.24, 2.45) is 0 Å². The lowest BCUT2D eigenvalue weighted by Crippen LogP contribution is -2.35. The topological polar surface area (TPSA) is 55.8 Å². The number of methoxy groups -OCH3 is 1. The maximum absolute atomic E-state index is 11.8. The van der Waals surface area contributed by atoms with E-state index in [9.17, 15) is 9.59 Å². The highest BCUT2D eigenvalue weighted by atomic mass is 16.6. The standard InChI is InChI=1S/C13H17NO4/c1-13(2,3)18-12(16)14(9-15)10-6-5-7-11(8-10)17-4/h5-9H,1-4H3. The number of anilines is 1. The summed E-state index contributed by atoms with van der Waals surface area (Å²) in [6.07, 6.45) is -0.297. The molecule has 1 rings (SSSR count). The van der Waals surface area contributed by atoms with Crippen molar-refractivity contribution in [3.8, 4) is 5.75 Å². The van der Waals surface area contributed by atoms with Crippen molar-refractivity contribution in [2.75, 3.05) is 12.0 Å². The number of carbonyl (C=O) groups is 2. The summed E-state index contributed by atoms with van der Waals surface area (Å²) in [6, 6.07) is 6.62. The number of ether oxygens (including phenoxy) is 2. The van der Waals surface area contributed by atoms with E-state index in [1.165, 1.54) is 7.11 Å². The number of rotatable bonds is 3. The summed E-state index contributed by atoms with van der Waals surface area (Å²) in [4.78, 5) is 23.7. The largest absolute Gasteiger partial charge is 0.497 e. The monoisotopic (exact) mass is 251 g/mol. The third kappa shape index (κ3) is 3.76. The molecule has 0 radical (unpaired) electrons. The first-order valence-electron chi connectivity index (χ1n) is 5.49. The second kappa shape index (κ2) is 5.53. The average Bonchev–Trinajstić information content (AvgIpc) is 2.28. The molecule has 5 nitrogen and oxygen atoms in total. The zero-order valence-electron chi connectivity index (χ0n) is 11.0. The Hall–Kier alpha value is -2.04. The van der Waals surface area contributed by atoms with Crippen molar-refractivity contribution in [1.29, 1.82) is 0 Å². The van der Waals surface area contributed by atoms with Gasteiger partial charge < -0.3 is 9.47 Å². The second-order valence-electron chi connectivity index (χ2n) is 4.66. The average molecular weight is 251 g/mol. The Morgan fingerprint density at radius 3 is 2.50 bits per heavy atom. The maximum atomic E-state index is 11.8. The fourth-order valence-corrected chi connectivity index (χ4v) is 1.28. The van der Waals surface area contributed by atoms with E-state index in [0.29, 0.717) is 17.8 Å². The van der Waals surface area contributed by atoms with Crippen LogP contribution in [0.3, 0.4) is 0 Å². The molecule has 98 valence electrons. The van der Waals surface area contributed by atoms with Crippen LogP contribution in [0, 0.1) is 0 Å². The molecule has 1 aromatic carbocycles. The lowest BCUT2D eigenvalue weighted by molar-refractivity contribution is -0.107. The van der Waals surface area contributed by atoms with Crippen molar-refractivity contribution >= 4 is 18.2 Å². The molecule has 0 saturated carbocycles. The number of nitrogens with zero attached hydrogens (tertiary/aromatic N) is 1. The molecule has 18 heavy (non-hydrogen) atoms. The highest BCUT2D eigenvalue weighted by molar-refractivity contribution is 6.03. The van der Waals surface area contributed by atoms with Gasteiger partial charge in [0.2, 0.25) is 6.41 Å². The van der Waals surface area contributed by atoms with Crippen molar-refractivity contribution in [1.82, 2.24) is 0 Å². The first kappa shape index (κ1) is 14.0. The molecule has 0 aromatic heterocycles. The quantitative estimate of drug-likeness (QED) is 0.775. The van der Waals surface area contributed by atoms with E-state index in [2.05, 4.69) is 0 Å². The van der Waals surface area contributed by atoms with Crippen LogP contribution in [0.5, 0.6) is 5.75 Å². The van der Waals surface area contributed by atoms with Crippen LogP contribution in [0.1, 0.15) is 20.8 Å². The molecule has 5 heteroatoms. The van der Waals surface area contributed by atoms with Gasteiger partial charge in [-0.2, -0.15) is 0 Å². The van der Waals surface area contributed by atoms with Crippen molar-refractivity contribution in [3.05, 3.63) is 24.3 Å². The Morgan fingerprint density at radius 1 is 1.33 bits per heavy atom. The summed E-state index contributed by atoms with van der Waals surface area (Å²) >= 11 is 0. The van der Waals surface area contributed by atoms with Gasteiger partial charge in [0.1, 0.15) is 11.4 Å². The number of imide groups is 1. The van der Waals surface area contributed by atoms with Gasteiger partial charge in [0.15, 0.2) is 0 Å². The highest BCUT2D eigenvalue weighted by Gasteiger charge is 2.23. The van der Waals surface area contributed by atoms with Gasteiger partial charge in [0.25, 0.3) is 0 Å². The van der Waals surface area contributed by atoms with Crippen LogP contribution in [0.25, 0.3) is 0 Å². The summed E-state index contributed by atoms with van der Waals surface area (Å²) in [6.45, 7) is 5.21. The molecule has 0 heterocycles. The summed E-state index contributed by atoms with van der Waals surface area (Å²) in [5.41, 5.74) is -0.254. The zero-order chi connectivity index (χ0) is 13.8. The van der Waals surface area contributed by atoms with E-state index in [1.54, 1.807) is 45.0 Å². The molecule has 1 aromatic rings. The molecule has 0 aliphatic carbocycles.